The van der Waals surface area contributed by atoms with Gasteiger partial charge in [-0.3, -0.25) is 0 Å². The normalized spacial score (nSPS) is 10.1. The minimum Gasteiger partial charge on any atom is -0.465 e. The van der Waals surface area contributed by atoms with Crippen molar-refractivity contribution in [3.05, 3.63) is 54.1 Å². The van der Waals surface area contributed by atoms with Crippen LogP contribution in [0.25, 0.3) is 0 Å². The van der Waals surface area contributed by atoms with E-state index in [2.05, 4.69) is 17.6 Å². The van der Waals surface area contributed by atoms with Gasteiger partial charge in [-0.1, -0.05) is 25.5 Å². The van der Waals surface area contributed by atoms with Gasteiger partial charge in [0.05, 0.1) is 18.4 Å². The molecule has 0 aliphatic rings. The van der Waals surface area contributed by atoms with Gasteiger partial charge < -0.3 is 15.4 Å². The summed E-state index contributed by atoms with van der Waals surface area (Å²) in [7, 11) is 1.38. The lowest BCUT2D eigenvalue weighted by Crippen LogP contribution is -2.05. The van der Waals surface area contributed by atoms with Crippen molar-refractivity contribution < 1.29 is 9.53 Å². The first-order valence-corrected chi connectivity index (χ1v) is 7.53. The van der Waals surface area contributed by atoms with Gasteiger partial charge in [0.25, 0.3) is 0 Å². The molecule has 0 aliphatic heterocycles. The van der Waals surface area contributed by atoms with Crippen LogP contribution in [-0.2, 0) is 4.74 Å². The molecule has 2 N–H and O–H groups in total. The Kier molecular flexibility index (Phi) is 5.83. The number of para-hydroxylation sites is 1. The predicted octanol–water partition coefficient (Wildman–Crippen LogP) is 4.43. The average Bonchev–Trinajstić information content (AvgIpc) is 2.56. The van der Waals surface area contributed by atoms with E-state index < -0.39 is 0 Å². The molecule has 0 amide bonds. The molecule has 0 bridgehead atoms. The van der Waals surface area contributed by atoms with Gasteiger partial charge in [-0.2, -0.15) is 0 Å². The van der Waals surface area contributed by atoms with Crippen LogP contribution in [0.1, 0.15) is 30.1 Å². The number of benzene rings is 2. The molecular weight excluding hydrogens is 276 g/mol. The Bertz CT molecular complexity index is 609. The molecule has 4 heteroatoms. The lowest BCUT2D eigenvalue weighted by Gasteiger charge is -2.11. The zero-order valence-electron chi connectivity index (χ0n) is 13.1. The first-order chi connectivity index (χ1) is 10.7. The average molecular weight is 298 g/mol. The van der Waals surface area contributed by atoms with Crippen molar-refractivity contribution in [2.24, 2.45) is 0 Å². The summed E-state index contributed by atoms with van der Waals surface area (Å²) in [6, 6.07) is 15.3. The second-order valence-electron chi connectivity index (χ2n) is 5.02. The highest BCUT2D eigenvalue weighted by Crippen LogP contribution is 2.22. The van der Waals surface area contributed by atoms with E-state index in [1.165, 1.54) is 13.5 Å². The van der Waals surface area contributed by atoms with Crippen molar-refractivity contribution in [1.82, 2.24) is 0 Å². The van der Waals surface area contributed by atoms with E-state index in [-0.39, 0.29) is 5.97 Å². The molecule has 116 valence electrons. The highest BCUT2D eigenvalue weighted by atomic mass is 16.5. The van der Waals surface area contributed by atoms with Gasteiger partial charge in [0.15, 0.2) is 0 Å². The first-order valence-electron chi connectivity index (χ1n) is 7.53. The highest BCUT2D eigenvalue weighted by molar-refractivity contribution is 5.96. The fourth-order valence-corrected chi connectivity index (χ4v) is 2.12. The molecular formula is C18H22N2O2. The molecule has 0 spiro atoms. The van der Waals surface area contributed by atoms with Crippen molar-refractivity contribution in [2.75, 3.05) is 24.3 Å². The Hall–Kier alpha value is -2.49. The number of ether oxygens (including phenoxy) is 1. The van der Waals surface area contributed by atoms with E-state index in [1.54, 1.807) is 6.07 Å². The van der Waals surface area contributed by atoms with Crippen LogP contribution in [0.4, 0.5) is 17.1 Å². The smallest absolute Gasteiger partial charge is 0.339 e. The molecule has 2 aromatic rings. The Morgan fingerprint density at radius 3 is 2.41 bits per heavy atom. The molecule has 0 fully saturated rings. The lowest BCUT2D eigenvalue weighted by atomic mass is 10.1. The van der Waals surface area contributed by atoms with E-state index in [0.717, 1.165) is 30.0 Å². The molecule has 4 nitrogen and oxygen atoms in total. The summed E-state index contributed by atoms with van der Waals surface area (Å²) < 4.78 is 4.80. The van der Waals surface area contributed by atoms with E-state index in [4.69, 9.17) is 4.74 Å². The molecule has 0 unspecified atom stereocenters. The molecule has 0 heterocycles. The predicted molar refractivity (Wildman–Crippen MR) is 90.9 cm³/mol. The highest BCUT2D eigenvalue weighted by Gasteiger charge is 2.10. The topological polar surface area (TPSA) is 50.4 Å². The maximum atomic E-state index is 11.8. The number of rotatable bonds is 7. The molecule has 0 saturated heterocycles. The maximum Gasteiger partial charge on any atom is 0.339 e. The molecule has 0 aromatic heterocycles. The quantitative estimate of drug-likeness (QED) is 0.586. The Balaban J connectivity index is 2.06. The first kappa shape index (κ1) is 15.9. The second kappa shape index (κ2) is 8.08. The number of unbranched alkanes of at least 4 members (excludes halogenated alkanes) is 1. The second-order valence-corrected chi connectivity index (χ2v) is 5.02. The van der Waals surface area contributed by atoms with Crippen molar-refractivity contribution >= 4 is 23.0 Å². The summed E-state index contributed by atoms with van der Waals surface area (Å²) in [5, 5.41) is 6.63. The number of esters is 1. The molecule has 2 aromatic carbocycles. The zero-order valence-corrected chi connectivity index (χ0v) is 13.1. The van der Waals surface area contributed by atoms with Crippen LogP contribution in [0.5, 0.6) is 0 Å². The fourth-order valence-electron chi connectivity index (χ4n) is 2.12. The van der Waals surface area contributed by atoms with Crippen molar-refractivity contribution in [2.45, 2.75) is 19.8 Å². The van der Waals surface area contributed by atoms with Gasteiger partial charge in [-0.25, -0.2) is 4.79 Å². The number of nitrogens with one attached hydrogen (secondary N) is 2. The van der Waals surface area contributed by atoms with Gasteiger partial charge in [0.1, 0.15) is 0 Å². The molecule has 22 heavy (non-hydrogen) atoms. The van der Waals surface area contributed by atoms with Gasteiger partial charge in [-0.15, -0.1) is 0 Å². The monoisotopic (exact) mass is 298 g/mol. The maximum absolute atomic E-state index is 11.8. The van der Waals surface area contributed by atoms with Crippen LogP contribution < -0.4 is 10.6 Å². The summed E-state index contributed by atoms with van der Waals surface area (Å²) in [5.41, 5.74) is 3.29. The summed E-state index contributed by atoms with van der Waals surface area (Å²) >= 11 is 0. The van der Waals surface area contributed by atoms with Crippen molar-refractivity contribution in [3.63, 3.8) is 0 Å². The van der Waals surface area contributed by atoms with E-state index >= 15 is 0 Å². The molecule has 2 rings (SSSR count). The molecule has 0 saturated carbocycles. The van der Waals surface area contributed by atoms with Crippen LogP contribution >= 0.6 is 0 Å². The van der Waals surface area contributed by atoms with E-state index in [0.29, 0.717) is 5.56 Å². The van der Waals surface area contributed by atoms with Gasteiger partial charge in [0.2, 0.25) is 0 Å². The summed E-state index contributed by atoms with van der Waals surface area (Å²) in [5.74, 6) is -0.346. The fraction of sp³-hybridized carbons (Fsp3) is 0.278. The van der Waals surface area contributed by atoms with Crippen LogP contribution in [-0.4, -0.2) is 19.6 Å². The Morgan fingerprint density at radius 2 is 1.73 bits per heavy atom. The minimum absolute atomic E-state index is 0.346. The van der Waals surface area contributed by atoms with Gasteiger partial charge >= 0.3 is 5.97 Å². The number of anilines is 3. The number of hydrogen-bond acceptors (Lipinski definition) is 4. The van der Waals surface area contributed by atoms with Crippen LogP contribution in [0.15, 0.2) is 48.5 Å². The van der Waals surface area contributed by atoms with E-state index in [1.807, 2.05) is 42.5 Å². The number of carbonyl (C=O) groups excluding carboxylic acids is 1. The number of hydrogen-bond donors (Lipinski definition) is 2. The minimum atomic E-state index is -0.346. The third kappa shape index (κ3) is 4.25. The van der Waals surface area contributed by atoms with Crippen LogP contribution in [0.3, 0.4) is 0 Å². The van der Waals surface area contributed by atoms with Crippen LogP contribution in [0, 0.1) is 0 Å². The van der Waals surface area contributed by atoms with E-state index in [9.17, 15) is 4.79 Å². The number of methoxy groups -OCH3 is 1. The Labute approximate surface area is 131 Å². The lowest BCUT2D eigenvalue weighted by molar-refractivity contribution is 0.0602. The molecule has 0 radical (unpaired) electrons. The zero-order chi connectivity index (χ0) is 15.8. The molecule has 0 aliphatic carbocycles. The number of carbonyl (C=O) groups is 1. The summed E-state index contributed by atoms with van der Waals surface area (Å²) in [4.78, 5) is 11.8. The standard InChI is InChI=1S/C18H22N2O2/c1-3-4-13-19-14-9-11-15(12-10-14)20-17-8-6-5-7-16(17)18(21)22-2/h5-12,19-20H,3-4,13H2,1-2H3. The Morgan fingerprint density at radius 1 is 1.05 bits per heavy atom. The largest absolute Gasteiger partial charge is 0.465 e. The van der Waals surface area contributed by atoms with Crippen molar-refractivity contribution in [3.8, 4) is 0 Å². The van der Waals surface area contributed by atoms with Crippen LogP contribution in [0.2, 0.25) is 0 Å². The van der Waals surface area contributed by atoms with Gasteiger partial charge in [0, 0.05) is 17.9 Å². The SMILES string of the molecule is CCCCNc1ccc(Nc2ccccc2C(=O)OC)cc1. The summed E-state index contributed by atoms with van der Waals surface area (Å²) in [6.07, 6.45) is 2.34. The van der Waals surface area contributed by atoms with Gasteiger partial charge in [-0.05, 0) is 42.8 Å². The molecule has 0 atom stereocenters. The third-order valence-corrected chi connectivity index (χ3v) is 3.36. The van der Waals surface area contributed by atoms with Crippen molar-refractivity contribution in [1.29, 1.82) is 0 Å². The summed E-state index contributed by atoms with van der Waals surface area (Å²) in [6.45, 7) is 3.15. The third-order valence-electron chi connectivity index (χ3n) is 3.36.